The molecule has 2 heterocycles. The van der Waals surface area contributed by atoms with E-state index in [9.17, 15) is 22.8 Å². The molecule has 0 atom stereocenters. The number of carbonyl (C=O) groups excluding carboxylic acids is 2. The minimum absolute atomic E-state index is 0.216. The molecule has 3 aromatic carbocycles. The first-order valence-corrected chi connectivity index (χ1v) is 15.5. The Morgan fingerprint density at radius 2 is 1.55 bits per heavy atom. The molecule has 1 aliphatic rings. The smallest absolute Gasteiger partial charge is 0.406 e. The number of hydrogen-bond donors (Lipinski definition) is 3. The fourth-order valence-corrected chi connectivity index (χ4v) is 5.40. The minimum atomic E-state index is -4.78. The Kier molecular flexibility index (Phi) is 9.78. The number of urea groups is 2. The highest BCUT2D eigenvalue weighted by molar-refractivity contribution is 6.00. The van der Waals surface area contributed by atoms with Gasteiger partial charge in [-0.25, -0.2) is 14.3 Å². The number of benzene rings is 3. The number of halogens is 3. The van der Waals surface area contributed by atoms with Crippen molar-refractivity contribution < 1.29 is 27.5 Å². The topological polar surface area (TPSA) is 101 Å². The fraction of sp³-hybridized carbons (Fsp3) is 0.343. The summed E-state index contributed by atoms with van der Waals surface area (Å²) in [5.74, 6) is 0.498. The largest absolute Gasteiger partial charge is 0.573 e. The molecule has 0 aliphatic carbocycles. The van der Waals surface area contributed by atoms with E-state index in [1.54, 1.807) is 9.58 Å². The zero-order valence-corrected chi connectivity index (χ0v) is 26.8. The molecule has 248 valence electrons. The lowest BCUT2D eigenvalue weighted by Crippen LogP contribution is -2.41. The van der Waals surface area contributed by atoms with Crippen LogP contribution in [0.25, 0.3) is 5.69 Å². The fourth-order valence-electron chi connectivity index (χ4n) is 5.40. The summed E-state index contributed by atoms with van der Waals surface area (Å²) in [5.41, 5.74) is 4.68. The molecular formula is C35H39F3N6O3. The molecule has 0 saturated carbocycles. The summed E-state index contributed by atoms with van der Waals surface area (Å²) < 4.78 is 42.8. The van der Waals surface area contributed by atoms with Gasteiger partial charge in [-0.1, -0.05) is 56.7 Å². The van der Waals surface area contributed by atoms with Crippen molar-refractivity contribution in [1.29, 1.82) is 0 Å². The predicted molar refractivity (Wildman–Crippen MR) is 176 cm³/mol. The van der Waals surface area contributed by atoms with Gasteiger partial charge in [0.2, 0.25) is 0 Å². The van der Waals surface area contributed by atoms with Crippen molar-refractivity contribution in [2.75, 3.05) is 29.0 Å². The summed E-state index contributed by atoms with van der Waals surface area (Å²) in [6, 6.07) is 21.9. The maximum atomic E-state index is 13.3. The number of para-hydroxylation sites is 1. The van der Waals surface area contributed by atoms with Gasteiger partial charge in [-0.05, 0) is 80.1 Å². The van der Waals surface area contributed by atoms with Crippen LogP contribution < -0.4 is 20.7 Å². The quantitative estimate of drug-likeness (QED) is 0.187. The molecule has 1 fully saturated rings. The zero-order chi connectivity index (χ0) is 33.8. The van der Waals surface area contributed by atoms with E-state index in [1.165, 1.54) is 12.1 Å². The third-order valence-electron chi connectivity index (χ3n) is 8.01. The Morgan fingerprint density at radius 1 is 0.894 bits per heavy atom. The molecule has 4 amide bonds. The van der Waals surface area contributed by atoms with E-state index in [0.29, 0.717) is 36.2 Å². The Labute approximate surface area is 272 Å². The second-order valence-electron chi connectivity index (χ2n) is 12.8. The van der Waals surface area contributed by atoms with E-state index >= 15 is 0 Å². The number of rotatable bonds is 7. The lowest BCUT2D eigenvalue weighted by Gasteiger charge is -2.32. The molecule has 47 heavy (non-hydrogen) atoms. The number of alkyl halides is 3. The summed E-state index contributed by atoms with van der Waals surface area (Å²) in [6.45, 7) is 9.30. The van der Waals surface area contributed by atoms with Crippen molar-refractivity contribution in [1.82, 2.24) is 14.7 Å². The molecule has 1 saturated heterocycles. The van der Waals surface area contributed by atoms with Crippen LogP contribution in [-0.2, 0) is 11.8 Å². The number of aromatic nitrogens is 2. The maximum Gasteiger partial charge on any atom is 0.573 e. The Balaban J connectivity index is 1.17. The number of piperidine rings is 1. The highest BCUT2D eigenvalue weighted by Crippen LogP contribution is 2.29. The molecule has 12 heteroatoms. The van der Waals surface area contributed by atoms with Gasteiger partial charge in [0.15, 0.2) is 0 Å². The van der Waals surface area contributed by atoms with Gasteiger partial charge < -0.3 is 20.3 Å². The number of likely N-dealkylation sites (tertiary alicyclic amines) is 1. The van der Waals surface area contributed by atoms with Crippen LogP contribution in [0.4, 0.5) is 40.0 Å². The van der Waals surface area contributed by atoms with Gasteiger partial charge in [-0.2, -0.15) is 5.10 Å². The molecule has 4 aromatic rings. The summed E-state index contributed by atoms with van der Waals surface area (Å²) in [4.78, 5) is 27.8. The molecule has 0 spiro atoms. The minimum Gasteiger partial charge on any atom is -0.406 e. The van der Waals surface area contributed by atoms with Crippen molar-refractivity contribution in [3.8, 4) is 11.4 Å². The number of carbonyl (C=O) groups is 2. The van der Waals surface area contributed by atoms with Gasteiger partial charge in [0.25, 0.3) is 0 Å². The first kappa shape index (κ1) is 33.4. The molecule has 5 rings (SSSR count). The third-order valence-corrected chi connectivity index (χ3v) is 8.01. The van der Waals surface area contributed by atoms with Crippen molar-refractivity contribution in [3.05, 3.63) is 95.7 Å². The predicted octanol–water partition coefficient (Wildman–Crippen LogP) is 8.51. The summed E-state index contributed by atoms with van der Waals surface area (Å²) >= 11 is 0. The highest BCUT2D eigenvalue weighted by atomic mass is 19.4. The highest BCUT2D eigenvalue weighted by Gasteiger charge is 2.31. The van der Waals surface area contributed by atoms with Crippen molar-refractivity contribution in [3.63, 3.8) is 0 Å². The van der Waals surface area contributed by atoms with E-state index in [-0.39, 0.29) is 23.2 Å². The number of amides is 4. The van der Waals surface area contributed by atoms with E-state index in [2.05, 4.69) is 41.5 Å². The summed E-state index contributed by atoms with van der Waals surface area (Å²) in [7, 11) is 0. The molecule has 3 N–H and O–H groups in total. The van der Waals surface area contributed by atoms with Crippen molar-refractivity contribution in [2.24, 2.45) is 5.92 Å². The van der Waals surface area contributed by atoms with E-state index in [0.717, 1.165) is 53.9 Å². The van der Waals surface area contributed by atoms with Crippen LogP contribution in [0.1, 0.15) is 50.4 Å². The second kappa shape index (κ2) is 13.8. The molecule has 0 bridgehead atoms. The molecule has 1 aliphatic heterocycles. The summed E-state index contributed by atoms with van der Waals surface area (Å²) in [5, 5.41) is 13.5. The van der Waals surface area contributed by atoms with Crippen LogP contribution in [0.5, 0.6) is 5.75 Å². The number of ether oxygens (including phenoxy) is 1. The molecule has 0 unspecified atom stereocenters. The lowest BCUT2D eigenvalue weighted by molar-refractivity contribution is -0.274. The number of anilines is 3. The van der Waals surface area contributed by atoms with Crippen LogP contribution in [0, 0.1) is 12.8 Å². The molecule has 9 nitrogen and oxygen atoms in total. The first-order valence-electron chi connectivity index (χ1n) is 15.5. The van der Waals surface area contributed by atoms with Crippen LogP contribution in [0.15, 0.2) is 78.9 Å². The van der Waals surface area contributed by atoms with Crippen LogP contribution in [0.3, 0.4) is 0 Å². The average Bonchev–Trinajstić information content (AvgIpc) is 3.43. The molecular weight excluding hydrogens is 609 g/mol. The Bertz CT molecular complexity index is 1690. The number of nitrogens with zero attached hydrogens (tertiary/aromatic N) is 3. The SMILES string of the molecule is Cc1ccc(-n2nc(C(C)(C)C)cc2NC(=O)Nc2ccccc2CC2CCN(C(=O)Nc3ccc(OC(F)(F)F)cc3)CC2)cc1. The Morgan fingerprint density at radius 3 is 2.19 bits per heavy atom. The Hall–Kier alpha value is -5.00. The first-order chi connectivity index (χ1) is 22.2. The van der Waals surface area contributed by atoms with Crippen molar-refractivity contribution >= 4 is 29.3 Å². The number of hydrogen-bond acceptors (Lipinski definition) is 4. The lowest BCUT2D eigenvalue weighted by atomic mass is 9.89. The normalized spacial score (nSPS) is 14.1. The monoisotopic (exact) mass is 648 g/mol. The average molecular weight is 649 g/mol. The second-order valence-corrected chi connectivity index (χ2v) is 12.8. The maximum absolute atomic E-state index is 13.3. The van der Waals surface area contributed by atoms with Crippen LogP contribution in [-0.4, -0.2) is 46.2 Å². The van der Waals surface area contributed by atoms with E-state index < -0.39 is 6.36 Å². The van der Waals surface area contributed by atoms with Crippen molar-refractivity contribution in [2.45, 2.75) is 58.7 Å². The van der Waals surface area contributed by atoms with Crippen LogP contribution >= 0.6 is 0 Å². The molecule has 1 aromatic heterocycles. The number of nitrogens with one attached hydrogen (secondary N) is 3. The third kappa shape index (κ3) is 9.05. The van der Waals surface area contributed by atoms with Gasteiger partial charge in [0.1, 0.15) is 11.6 Å². The van der Waals surface area contributed by atoms with Gasteiger partial charge in [-0.15, -0.1) is 13.2 Å². The number of aryl methyl sites for hydroxylation is 1. The summed E-state index contributed by atoms with van der Waals surface area (Å²) in [6.07, 6.45) is -2.53. The van der Waals surface area contributed by atoms with Gasteiger partial charge >= 0.3 is 18.4 Å². The molecule has 0 radical (unpaired) electrons. The van der Waals surface area contributed by atoms with Gasteiger partial charge in [0, 0.05) is 35.9 Å². The van der Waals surface area contributed by atoms with Gasteiger partial charge in [-0.3, -0.25) is 5.32 Å². The van der Waals surface area contributed by atoms with Gasteiger partial charge in [0.05, 0.1) is 11.4 Å². The van der Waals surface area contributed by atoms with Crippen LogP contribution in [0.2, 0.25) is 0 Å². The van der Waals surface area contributed by atoms with E-state index in [1.807, 2.05) is 61.5 Å². The standard InChI is InChI=1S/C35H39F3N6O3/c1-23-9-13-27(14-10-23)44-31(22-30(42-44)34(2,3)4)41-32(45)40-29-8-6-5-7-25(29)21-24-17-19-43(20-18-24)33(46)39-26-11-15-28(16-12-26)47-35(36,37)38/h5-16,22,24H,17-21H2,1-4H3,(H,39,46)(H2,40,41,45). The van der Waals surface area contributed by atoms with E-state index in [4.69, 9.17) is 5.10 Å². The zero-order valence-electron chi connectivity index (χ0n) is 26.8.